The predicted molar refractivity (Wildman–Crippen MR) is 92.4 cm³/mol. The minimum absolute atomic E-state index is 0.244. The molecule has 112 valence electrons. The zero-order chi connectivity index (χ0) is 15.5. The molecule has 0 bridgehead atoms. The van der Waals surface area contributed by atoms with E-state index in [0.29, 0.717) is 0 Å². The molecule has 0 aliphatic heterocycles. The van der Waals surface area contributed by atoms with Gasteiger partial charge in [-0.1, -0.05) is 18.2 Å². The molecule has 3 aromatic rings. The molecule has 0 radical (unpaired) electrons. The van der Waals surface area contributed by atoms with Crippen LogP contribution in [0.15, 0.2) is 54.6 Å². The summed E-state index contributed by atoms with van der Waals surface area (Å²) in [6.07, 6.45) is 0. The molecule has 22 heavy (non-hydrogen) atoms. The Labute approximate surface area is 130 Å². The van der Waals surface area contributed by atoms with Crippen molar-refractivity contribution in [1.82, 2.24) is 4.98 Å². The minimum atomic E-state index is 0.244. The monoisotopic (exact) mass is 292 g/mol. The first kappa shape index (κ1) is 14.4. The molecular weight excluding hydrogens is 272 g/mol. The van der Waals surface area contributed by atoms with Gasteiger partial charge < -0.3 is 10.0 Å². The Balaban J connectivity index is 1.96. The van der Waals surface area contributed by atoms with Crippen molar-refractivity contribution in [3.63, 3.8) is 0 Å². The Hall–Kier alpha value is -2.55. The maximum atomic E-state index is 9.60. The van der Waals surface area contributed by atoms with E-state index >= 15 is 0 Å². The molecule has 3 heteroatoms. The number of phenols is 1. The van der Waals surface area contributed by atoms with Crippen LogP contribution in [-0.2, 0) is 0 Å². The van der Waals surface area contributed by atoms with E-state index < -0.39 is 0 Å². The molecule has 1 aromatic heterocycles. The normalized spacial score (nSPS) is 10.8. The van der Waals surface area contributed by atoms with E-state index in [-0.39, 0.29) is 5.75 Å². The summed E-state index contributed by atoms with van der Waals surface area (Å²) in [4.78, 5) is 6.96. The Morgan fingerprint density at radius 1 is 0.909 bits per heavy atom. The Morgan fingerprint density at radius 3 is 2.27 bits per heavy atom. The maximum Gasteiger partial charge on any atom is 0.117 e. The van der Waals surface area contributed by atoms with Crippen molar-refractivity contribution in [2.24, 2.45) is 0 Å². The first-order valence-corrected chi connectivity index (χ1v) is 7.66. The lowest BCUT2D eigenvalue weighted by atomic mass is 10.1. The summed E-state index contributed by atoms with van der Waals surface area (Å²) in [5, 5.41) is 10.6. The minimum Gasteiger partial charge on any atom is -0.508 e. The van der Waals surface area contributed by atoms with Crippen LogP contribution in [0.4, 0.5) is 5.69 Å². The fourth-order valence-electron chi connectivity index (χ4n) is 2.70. The number of nitrogens with zero attached hydrogens (tertiary/aromatic N) is 2. The Bertz CT molecular complexity index is 777. The van der Waals surface area contributed by atoms with E-state index in [4.69, 9.17) is 0 Å². The molecule has 0 unspecified atom stereocenters. The quantitative estimate of drug-likeness (QED) is 0.771. The third-order valence-electron chi connectivity index (χ3n) is 3.97. The average molecular weight is 292 g/mol. The zero-order valence-electron chi connectivity index (χ0n) is 13.0. The summed E-state index contributed by atoms with van der Waals surface area (Å²) in [6, 6.07) is 17.8. The van der Waals surface area contributed by atoms with Gasteiger partial charge in [0.05, 0.1) is 11.2 Å². The molecule has 0 aliphatic carbocycles. The van der Waals surface area contributed by atoms with Crippen molar-refractivity contribution in [1.29, 1.82) is 0 Å². The van der Waals surface area contributed by atoms with Gasteiger partial charge in [0.2, 0.25) is 0 Å². The Morgan fingerprint density at radius 2 is 1.59 bits per heavy atom. The van der Waals surface area contributed by atoms with Crippen LogP contribution in [0.1, 0.15) is 13.8 Å². The summed E-state index contributed by atoms with van der Waals surface area (Å²) in [6.45, 7) is 6.33. The van der Waals surface area contributed by atoms with Crippen LogP contribution in [0, 0.1) is 0 Å². The molecule has 0 aliphatic rings. The van der Waals surface area contributed by atoms with Crippen molar-refractivity contribution < 1.29 is 5.11 Å². The second kappa shape index (κ2) is 6.06. The smallest absolute Gasteiger partial charge is 0.117 e. The van der Waals surface area contributed by atoms with Gasteiger partial charge in [-0.05, 0) is 44.2 Å². The van der Waals surface area contributed by atoms with Crippen LogP contribution >= 0.6 is 0 Å². The van der Waals surface area contributed by atoms with Gasteiger partial charge in [0.1, 0.15) is 5.75 Å². The highest BCUT2D eigenvalue weighted by atomic mass is 16.3. The van der Waals surface area contributed by atoms with Gasteiger partial charge >= 0.3 is 0 Å². The molecule has 2 aromatic carbocycles. The number of hydrogen-bond acceptors (Lipinski definition) is 3. The van der Waals surface area contributed by atoms with Crippen molar-refractivity contribution in [3.8, 4) is 17.0 Å². The summed E-state index contributed by atoms with van der Waals surface area (Å²) in [5.41, 5.74) is 4.04. The molecule has 0 fully saturated rings. The highest BCUT2D eigenvalue weighted by Crippen LogP contribution is 2.25. The van der Waals surface area contributed by atoms with E-state index in [1.165, 1.54) is 5.69 Å². The van der Waals surface area contributed by atoms with E-state index in [1.54, 1.807) is 12.1 Å². The molecule has 0 saturated heterocycles. The van der Waals surface area contributed by atoms with Gasteiger partial charge in [0, 0.05) is 35.8 Å². The number of fused-ring (bicyclic) bond motifs is 1. The van der Waals surface area contributed by atoms with E-state index in [0.717, 1.165) is 35.2 Å². The lowest BCUT2D eigenvalue weighted by molar-refractivity contribution is 0.476. The zero-order valence-corrected chi connectivity index (χ0v) is 13.0. The topological polar surface area (TPSA) is 36.4 Å². The predicted octanol–water partition coefficient (Wildman–Crippen LogP) is 4.45. The largest absolute Gasteiger partial charge is 0.508 e. The molecule has 0 saturated carbocycles. The number of anilines is 1. The molecule has 1 N–H and O–H groups in total. The first-order chi connectivity index (χ1) is 10.7. The van der Waals surface area contributed by atoms with E-state index in [1.807, 2.05) is 18.2 Å². The standard InChI is InChI=1S/C19H20N2O/c1-3-21(4-2)16-9-5-14(6-10-16)18-12-8-15-7-11-17(22)13-19(15)20-18/h5-13,22H,3-4H2,1-2H3. The molecular formula is C19H20N2O. The molecule has 0 atom stereocenters. The Kier molecular flexibility index (Phi) is 3.96. The van der Waals surface area contributed by atoms with Crippen molar-refractivity contribution in [2.75, 3.05) is 18.0 Å². The SMILES string of the molecule is CCN(CC)c1ccc(-c2ccc3ccc(O)cc3n2)cc1. The van der Waals surface area contributed by atoms with Gasteiger partial charge in [0.15, 0.2) is 0 Å². The molecule has 1 heterocycles. The van der Waals surface area contributed by atoms with Gasteiger partial charge in [-0.2, -0.15) is 0 Å². The average Bonchev–Trinajstić information content (AvgIpc) is 2.56. The number of rotatable bonds is 4. The lowest BCUT2D eigenvalue weighted by Gasteiger charge is -2.21. The summed E-state index contributed by atoms with van der Waals surface area (Å²) < 4.78 is 0. The van der Waals surface area contributed by atoms with Crippen molar-refractivity contribution in [3.05, 3.63) is 54.6 Å². The fraction of sp³-hybridized carbons (Fsp3) is 0.211. The molecule has 3 rings (SSSR count). The number of aromatic hydroxyl groups is 1. The van der Waals surface area contributed by atoms with Gasteiger partial charge in [0.25, 0.3) is 0 Å². The second-order valence-electron chi connectivity index (χ2n) is 5.29. The highest BCUT2D eigenvalue weighted by Gasteiger charge is 2.05. The van der Waals surface area contributed by atoms with Crippen LogP contribution in [0.3, 0.4) is 0 Å². The fourth-order valence-corrected chi connectivity index (χ4v) is 2.70. The number of aromatic nitrogens is 1. The first-order valence-electron chi connectivity index (χ1n) is 7.66. The highest BCUT2D eigenvalue weighted by molar-refractivity contribution is 5.82. The van der Waals surface area contributed by atoms with E-state index in [9.17, 15) is 5.11 Å². The van der Waals surface area contributed by atoms with Crippen LogP contribution < -0.4 is 4.90 Å². The van der Waals surface area contributed by atoms with Crippen LogP contribution in [0.25, 0.3) is 22.2 Å². The maximum absolute atomic E-state index is 9.60. The van der Waals surface area contributed by atoms with Crippen LogP contribution in [0.5, 0.6) is 5.75 Å². The number of pyridine rings is 1. The van der Waals surface area contributed by atoms with Crippen LogP contribution in [-0.4, -0.2) is 23.2 Å². The summed E-state index contributed by atoms with van der Waals surface area (Å²) in [7, 11) is 0. The van der Waals surface area contributed by atoms with Crippen molar-refractivity contribution in [2.45, 2.75) is 13.8 Å². The summed E-state index contributed by atoms with van der Waals surface area (Å²) >= 11 is 0. The van der Waals surface area contributed by atoms with Gasteiger partial charge in [-0.15, -0.1) is 0 Å². The van der Waals surface area contributed by atoms with Gasteiger partial charge in [-0.25, -0.2) is 4.98 Å². The van der Waals surface area contributed by atoms with Crippen LogP contribution in [0.2, 0.25) is 0 Å². The third-order valence-corrected chi connectivity index (χ3v) is 3.97. The van der Waals surface area contributed by atoms with Crippen molar-refractivity contribution >= 4 is 16.6 Å². The number of phenolic OH excluding ortho intramolecular Hbond substituents is 1. The third kappa shape index (κ3) is 2.75. The number of hydrogen-bond donors (Lipinski definition) is 1. The van der Waals surface area contributed by atoms with E-state index in [2.05, 4.69) is 48.0 Å². The number of benzene rings is 2. The van der Waals surface area contributed by atoms with Gasteiger partial charge in [-0.3, -0.25) is 0 Å². The second-order valence-corrected chi connectivity index (χ2v) is 5.29. The molecule has 3 nitrogen and oxygen atoms in total. The summed E-state index contributed by atoms with van der Waals surface area (Å²) in [5.74, 6) is 0.244. The molecule has 0 amide bonds. The lowest BCUT2D eigenvalue weighted by Crippen LogP contribution is -2.21. The molecule has 0 spiro atoms.